The van der Waals surface area contributed by atoms with Crippen molar-refractivity contribution in [3.8, 4) is 0 Å². The number of fused-ring (bicyclic) bond motifs is 1. The monoisotopic (exact) mass is 266 g/mol. The standard InChI is InChI=1S/C12H14N4O.ClH/c17-11-9-3-1-2-4-10(9)14-12(15-11)16-7-5-13-6-8-16;/h1-4,13H,5-8H2,(H,14,15,17);1H. The zero-order chi connectivity index (χ0) is 11.7. The quantitative estimate of drug-likeness (QED) is 0.800. The van der Waals surface area contributed by atoms with Crippen molar-refractivity contribution in [2.75, 3.05) is 31.1 Å². The molecule has 0 atom stereocenters. The number of halogens is 1. The number of para-hydroxylation sites is 1. The largest absolute Gasteiger partial charge is 0.340 e. The van der Waals surface area contributed by atoms with Gasteiger partial charge in [-0.05, 0) is 12.1 Å². The maximum atomic E-state index is 11.9. The van der Waals surface area contributed by atoms with Gasteiger partial charge in [0.1, 0.15) is 0 Å². The summed E-state index contributed by atoms with van der Waals surface area (Å²) in [6, 6.07) is 7.42. The third kappa shape index (κ3) is 2.32. The van der Waals surface area contributed by atoms with Gasteiger partial charge in [0, 0.05) is 26.2 Å². The number of piperazine rings is 1. The van der Waals surface area contributed by atoms with Crippen LogP contribution in [-0.4, -0.2) is 36.1 Å². The van der Waals surface area contributed by atoms with E-state index in [0.29, 0.717) is 11.3 Å². The van der Waals surface area contributed by atoms with Crippen molar-refractivity contribution in [1.29, 1.82) is 0 Å². The number of hydrogen-bond acceptors (Lipinski definition) is 4. The van der Waals surface area contributed by atoms with E-state index in [2.05, 4.69) is 20.2 Å². The van der Waals surface area contributed by atoms with Crippen molar-refractivity contribution >= 4 is 29.3 Å². The fourth-order valence-electron chi connectivity index (χ4n) is 2.10. The number of H-pyrrole nitrogens is 1. The molecule has 1 aromatic carbocycles. The summed E-state index contributed by atoms with van der Waals surface area (Å²) in [5.41, 5.74) is 0.689. The second-order valence-electron chi connectivity index (χ2n) is 4.14. The van der Waals surface area contributed by atoms with Crippen molar-refractivity contribution in [3.05, 3.63) is 34.6 Å². The normalized spacial score (nSPS) is 15.4. The van der Waals surface area contributed by atoms with Gasteiger partial charge in [-0.15, -0.1) is 12.4 Å². The van der Waals surface area contributed by atoms with Crippen LogP contribution < -0.4 is 15.8 Å². The molecule has 2 aromatic rings. The summed E-state index contributed by atoms with van der Waals surface area (Å²) in [6.07, 6.45) is 0. The van der Waals surface area contributed by atoms with E-state index in [0.717, 1.165) is 31.7 Å². The Bertz CT molecular complexity index is 592. The summed E-state index contributed by atoms with van der Waals surface area (Å²) in [6.45, 7) is 3.61. The second-order valence-corrected chi connectivity index (χ2v) is 4.14. The molecule has 0 radical (unpaired) electrons. The summed E-state index contributed by atoms with van der Waals surface area (Å²) < 4.78 is 0. The molecule has 0 unspecified atom stereocenters. The topological polar surface area (TPSA) is 61.0 Å². The fourth-order valence-corrected chi connectivity index (χ4v) is 2.10. The Morgan fingerprint density at radius 1 is 1.17 bits per heavy atom. The number of aromatic nitrogens is 2. The molecule has 1 fully saturated rings. The van der Waals surface area contributed by atoms with Crippen molar-refractivity contribution < 1.29 is 0 Å². The molecule has 6 heteroatoms. The van der Waals surface area contributed by atoms with E-state index in [9.17, 15) is 4.79 Å². The summed E-state index contributed by atoms with van der Waals surface area (Å²) in [7, 11) is 0. The van der Waals surface area contributed by atoms with Gasteiger partial charge >= 0.3 is 0 Å². The summed E-state index contributed by atoms with van der Waals surface area (Å²) in [5.74, 6) is 0.676. The molecule has 1 aliphatic heterocycles. The predicted octanol–water partition coefficient (Wildman–Crippen LogP) is 0.754. The van der Waals surface area contributed by atoms with Crippen molar-refractivity contribution in [3.63, 3.8) is 0 Å². The van der Waals surface area contributed by atoms with Crippen LogP contribution in [0.1, 0.15) is 0 Å². The van der Waals surface area contributed by atoms with Gasteiger partial charge in [-0.25, -0.2) is 4.98 Å². The minimum absolute atomic E-state index is 0. The Balaban J connectivity index is 0.00000120. The highest BCUT2D eigenvalue weighted by atomic mass is 35.5. The van der Waals surface area contributed by atoms with Gasteiger partial charge in [0.15, 0.2) is 0 Å². The average Bonchev–Trinajstić information content (AvgIpc) is 2.40. The molecular formula is C12H15ClN4O. The number of rotatable bonds is 1. The Morgan fingerprint density at radius 2 is 1.89 bits per heavy atom. The third-order valence-corrected chi connectivity index (χ3v) is 3.02. The van der Waals surface area contributed by atoms with Crippen LogP contribution in [0.4, 0.5) is 5.95 Å². The Kier molecular flexibility index (Phi) is 3.84. The Labute approximate surface area is 111 Å². The van der Waals surface area contributed by atoms with Crippen molar-refractivity contribution in [2.45, 2.75) is 0 Å². The number of anilines is 1. The zero-order valence-electron chi connectivity index (χ0n) is 9.85. The van der Waals surface area contributed by atoms with Crippen LogP contribution in [0, 0.1) is 0 Å². The van der Waals surface area contributed by atoms with Crippen LogP contribution in [0.3, 0.4) is 0 Å². The lowest BCUT2D eigenvalue weighted by atomic mass is 10.2. The third-order valence-electron chi connectivity index (χ3n) is 3.02. The average molecular weight is 267 g/mol. The van der Waals surface area contributed by atoms with E-state index in [1.807, 2.05) is 18.2 Å². The second kappa shape index (κ2) is 5.37. The van der Waals surface area contributed by atoms with E-state index >= 15 is 0 Å². The van der Waals surface area contributed by atoms with Crippen LogP contribution in [-0.2, 0) is 0 Å². The predicted molar refractivity (Wildman–Crippen MR) is 74.7 cm³/mol. The molecule has 1 aromatic heterocycles. The molecule has 18 heavy (non-hydrogen) atoms. The van der Waals surface area contributed by atoms with E-state index in [-0.39, 0.29) is 18.0 Å². The summed E-state index contributed by atoms with van der Waals surface area (Å²) >= 11 is 0. The molecule has 0 aliphatic carbocycles. The van der Waals surface area contributed by atoms with Gasteiger partial charge in [0.05, 0.1) is 10.9 Å². The van der Waals surface area contributed by atoms with Crippen LogP contribution in [0.2, 0.25) is 0 Å². The van der Waals surface area contributed by atoms with E-state index in [1.54, 1.807) is 6.07 Å². The minimum atomic E-state index is -0.0656. The number of benzene rings is 1. The summed E-state index contributed by atoms with van der Waals surface area (Å²) in [5, 5.41) is 3.92. The van der Waals surface area contributed by atoms with Crippen molar-refractivity contribution in [1.82, 2.24) is 15.3 Å². The Morgan fingerprint density at radius 3 is 2.67 bits per heavy atom. The highest BCUT2D eigenvalue weighted by Crippen LogP contribution is 2.11. The molecule has 5 nitrogen and oxygen atoms in total. The first kappa shape index (κ1) is 12.9. The molecule has 0 spiro atoms. The van der Waals surface area contributed by atoms with Gasteiger partial charge in [0.25, 0.3) is 5.56 Å². The molecule has 96 valence electrons. The van der Waals surface area contributed by atoms with Crippen LogP contribution >= 0.6 is 12.4 Å². The lowest BCUT2D eigenvalue weighted by molar-refractivity contribution is 0.580. The minimum Gasteiger partial charge on any atom is -0.340 e. The van der Waals surface area contributed by atoms with Crippen LogP contribution in [0.25, 0.3) is 10.9 Å². The van der Waals surface area contributed by atoms with E-state index in [1.165, 1.54) is 0 Å². The van der Waals surface area contributed by atoms with Crippen molar-refractivity contribution in [2.24, 2.45) is 0 Å². The van der Waals surface area contributed by atoms with E-state index in [4.69, 9.17) is 0 Å². The zero-order valence-corrected chi connectivity index (χ0v) is 10.7. The highest BCUT2D eigenvalue weighted by molar-refractivity contribution is 5.85. The van der Waals surface area contributed by atoms with Gasteiger partial charge in [-0.3, -0.25) is 9.78 Å². The van der Waals surface area contributed by atoms with Gasteiger partial charge in [-0.2, -0.15) is 0 Å². The first-order chi connectivity index (χ1) is 8.34. The lowest BCUT2D eigenvalue weighted by Gasteiger charge is -2.27. The summed E-state index contributed by atoms with van der Waals surface area (Å²) in [4.78, 5) is 21.4. The number of hydrogen-bond donors (Lipinski definition) is 2. The number of aromatic amines is 1. The smallest absolute Gasteiger partial charge is 0.260 e. The molecule has 0 amide bonds. The molecule has 0 saturated carbocycles. The fraction of sp³-hybridized carbons (Fsp3) is 0.333. The maximum Gasteiger partial charge on any atom is 0.260 e. The van der Waals surface area contributed by atoms with Gasteiger partial charge in [-0.1, -0.05) is 12.1 Å². The molecule has 3 rings (SSSR count). The van der Waals surface area contributed by atoms with Gasteiger partial charge in [0.2, 0.25) is 5.95 Å². The highest BCUT2D eigenvalue weighted by Gasteiger charge is 2.13. The number of nitrogens with one attached hydrogen (secondary N) is 2. The molecule has 2 heterocycles. The first-order valence-corrected chi connectivity index (χ1v) is 5.79. The maximum absolute atomic E-state index is 11.9. The molecule has 0 bridgehead atoms. The molecular weight excluding hydrogens is 252 g/mol. The lowest BCUT2D eigenvalue weighted by Crippen LogP contribution is -2.44. The van der Waals surface area contributed by atoms with E-state index < -0.39 is 0 Å². The van der Waals surface area contributed by atoms with Crippen LogP contribution in [0.15, 0.2) is 29.1 Å². The first-order valence-electron chi connectivity index (χ1n) is 5.79. The molecule has 1 aliphatic rings. The Hall–Kier alpha value is -1.59. The SMILES string of the molecule is Cl.O=c1[nH]c(N2CCNCC2)nc2ccccc12. The molecule has 2 N–H and O–H groups in total. The van der Waals surface area contributed by atoms with Gasteiger partial charge < -0.3 is 10.2 Å². The molecule has 1 saturated heterocycles. The number of nitrogens with zero attached hydrogens (tertiary/aromatic N) is 2. The van der Waals surface area contributed by atoms with Crippen LogP contribution in [0.5, 0.6) is 0 Å².